The van der Waals surface area contributed by atoms with Gasteiger partial charge in [-0.25, -0.2) is 0 Å². The second-order valence-corrected chi connectivity index (χ2v) is 6.06. The van der Waals surface area contributed by atoms with Crippen molar-refractivity contribution in [3.63, 3.8) is 0 Å². The summed E-state index contributed by atoms with van der Waals surface area (Å²) in [6.07, 6.45) is 2.04. The Labute approximate surface area is 155 Å². The number of aliphatic hydroxyl groups excluding tert-OH is 1. The van der Waals surface area contributed by atoms with E-state index in [1.54, 1.807) is 13.8 Å². The van der Waals surface area contributed by atoms with Crippen LogP contribution in [-0.4, -0.2) is 62.7 Å². The monoisotopic (exact) mass is 376 g/mol. The second kappa shape index (κ2) is 14.5. The standard InChI is InChI=1S/C18H32O8/c1-4-8-17(22)24-10-7-9-23-12-18(11-19,13-25-15(20)5-2)14-26-16(21)6-3/h19H,4-14H2,1-3H3. The van der Waals surface area contributed by atoms with Gasteiger partial charge in [0.15, 0.2) is 0 Å². The molecule has 0 bridgehead atoms. The molecule has 0 aliphatic rings. The molecule has 0 aliphatic carbocycles. The lowest BCUT2D eigenvalue weighted by molar-refractivity contribution is -0.160. The Morgan fingerprint density at radius 2 is 1.38 bits per heavy atom. The van der Waals surface area contributed by atoms with Crippen molar-refractivity contribution in [3.05, 3.63) is 0 Å². The van der Waals surface area contributed by atoms with Crippen molar-refractivity contribution in [1.29, 1.82) is 0 Å². The highest BCUT2D eigenvalue weighted by Gasteiger charge is 2.34. The Bertz CT molecular complexity index is 401. The largest absolute Gasteiger partial charge is 0.466 e. The molecule has 0 aromatic carbocycles. The molecule has 0 rings (SSSR count). The second-order valence-electron chi connectivity index (χ2n) is 6.06. The van der Waals surface area contributed by atoms with E-state index in [1.165, 1.54) is 0 Å². The molecule has 0 spiro atoms. The molecule has 0 unspecified atom stereocenters. The Hall–Kier alpha value is -1.67. The highest BCUT2D eigenvalue weighted by Crippen LogP contribution is 2.20. The molecular formula is C18H32O8. The third-order valence-corrected chi connectivity index (χ3v) is 3.55. The molecule has 0 radical (unpaired) electrons. The van der Waals surface area contributed by atoms with Crippen LogP contribution in [0.25, 0.3) is 0 Å². The number of hydrogen-bond donors (Lipinski definition) is 1. The minimum atomic E-state index is -1.02. The van der Waals surface area contributed by atoms with Gasteiger partial charge in [0.2, 0.25) is 0 Å². The van der Waals surface area contributed by atoms with Gasteiger partial charge in [0, 0.05) is 32.3 Å². The summed E-state index contributed by atoms with van der Waals surface area (Å²) >= 11 is 0. The lowest BCUT2D eigenvalue weighted by atomic mass is 9.92. The van der Waals surface area contributed by atoms with E-state index >= 15 is 0 Å². The van der Waals surface area contributed by atoms with E-state index in [-0.39, 0.29) is 51.8 Å². The molecule has 0 aliphatic heterocycles. The molecular weight excluding hydrogens is 344 g/mol. The summed E-state index contributed by atoms with van der Waals surface area (Å²) in [5.41, 5.74) is -1.02. The number of aliphatic hydroxyl groups is 1. The van der Waals surface area contributed by atoms with Crippen molar-refractivity contribution < 1.29 is 38.4 Å². The van der Waals surface area contributed by atoms with Crippen molar-refractivity contribution in [2.45, 2.75) is 52.9 Å². The van der Waals surface area contributed by atoms with Crippen LogP contribution >= 0.6 is 0 Å². The maximum atomic E-state index is 11.4. The van der Waals surface area contributed by atoms with Gasteiger partial charge in [0.1, 0.15) is 13.2 Å². The van der Waals surface area contributed by atoms with Gasteiger partial charge in [0.25, 0.3) is 0 Å². The zero-order valence-electron chi connectivity index (χ0n) is 16.1. The first-order chi connectivity index (χ1) is 12.4. The summed E-state index contributed by atoms with van der Waals surface area (Å²) in [5.74, 6) is -1.06. The van der Waals surface area contributed by atoms with Crippen molar-refractivity contribution in [1.82, 2.24) is 0 Å². The average molecular weight is 376 g/mol. The number of carbonyl (C=O) groups excluding carboxylic acids is 3. The van der Waals surface area contributed by atoms with E-state index in [4.69, 9.17) is 18.9 Å². The zero-order valence-corrected chi connectivity index (χ0v) is 16.1. The number of esters is 3. The van der Waals surface area contributed by atoms with Crippen LogP contribution in [0.15, 0.2) is 0 Å². The molecule has 26 heavy (non-hydrogen) atoms. The van der Waals surface area contributed by atoms with Gasteiger partial charge in [-0.15, -0.1) is 0 Å². The van der Waals surface area contributed by atoms with Crippen molar-refractivity contribution in [2.75, 3.05) is 39.6 Å². The van der Waals surface area contributed by atoms with Crippen LogP contribution in [0.4, 0.5) is 0 Å². The van der Waals surface area contributed by atoms with Crippen LogP contribution in [0.5, 0.6) is 0 Å². The Balaban J connectivity index is 4.42. The predicted molar refractivity (Wildman–Crippen MR) is 93.3 cm³/mol. The van der Waals surface area contributed by atoms with Crippen LogP contribution in [0, 0.1) is 5.41 Å². The normalized spacial score (nSPS) is 11.1. The number of ether oxygens (including phenoxy) is 4. The lowest BCUT2D eigenvalue weighted by Crippen LogP contribution is -2.42. The van der Waals surface area contributed by atoms with Gasteiger partial charge in [-0.05, 0) is 6.42 Å². The first-order valence-electron chi connectivity index (χ1n) is 9.08. The first-order valence-corrected chi connectivity index (χ1v) is 9.08. The third-order valence-electron chi connectivity index (χ3n) is 3.55. The predicted octanol–water partition coefficient (Wildman–Crippen LogP) is 1.62. The van der Waals surface area contributed by atoms with Crippen LogP contribution in [0.3, 0.4) is 0 Å². The maximum absolute atomic E-state index is 11.4. The quantitative estimate of drug-likeness (QED) is 0.261. The smallest absolute Gasteiger partial charge is 0.305 e. The molecule has 152 valence electrons. The Morgan fingerprint density at radius 1 is 0.808 bits per heavy atom. The Kier molecular flexibility index (Phi) is 13.6. The van der Waals surface area contributed by atoms with Crippen LogP contribution in [0.1, 0.15) is 52.9 Å². The van der Waals surface area contributed by atoms with Crippen molar-refractivity contribution in [2.24, 2.45) is 5.41 Å². The summed E-state index contributed by atoms with van der Waals surface area (Å²) in [5, 5.41) is 9.75. The van der Waals surface area contributed by atoms with Gasteiger partial charge in [-0.3, -0.25) is 14.4 Å². The summed E-state index contributed by atoms with van der Waals surface area (Å²) in [7, 11) is 0. The van der Waals surface area contributed by atoms with Gasteiger partial charge in [-0.1, -0.05) is 20.8 Å². The van der Waals surface area contributed by atoms with E-state index < -0.39 is 17.4 Å². The minimum absolute atomic E-state index is 0.0421. The molecule has 0 saturated heterocycles. The summed E-state index contributed by atoms with van der Waals surface area (Å²) < 4.78 is 20.8. The summed E-state index contributed by atoms with van der Waals surface area (Å²) in [6, 6.07) is 0. The SMILES string of the molecule is CCCC(=O)OCCCOCC(CO)(COC(=O)CC)COC(=O)CC. The summed E-state index contributed by atoms with van der Waals surface area (Å²) in [6.45, 7) is 5.22. The first kappa shape index (κ1) is 24.3. The Morgan fingerprint density at radius 3 is 1.85 bits per heavy atom. The van der Waals surface area contributed by atoms with Crippen LogP contribution in [-0.2, 0) is 33.3 Å². The highest BCUT2D eigenvalue weighted by molar-refractivity contribution is 5.69. The fourth-order valence-electron chi connectivity index (χ4n) is 1.85. The molecule has 8 nitrogen and oxygen atoms in total. The molecule has 8 heteroatoms. The molecule has 0 saturated carbocycles. The molecule has 1 N–H and O–H groups in total. The lowest BCUT2D eigenvalue weighted by Gasteiger charge is -2.30. The molecule has 0 aromatic rings. The van der Waals surface area contributed by atoms with Gasteiger partial charge >= 0.3 is 17.9 Å². The van der Waals surface area contributed by atoms with Gasteiger partial charge < -0.3 is 24.1 Å². The van der Waals surface area contributed by atoms with E-state index in [2.05, 4.69) is 0 Å². The summed E-state index contributed by atoms with van der Waals surface area (Å²) in [4.78, 5) is 34.0. The van der Waals surface area contributed by atoms with Gasteiger partial charge in [-0.2, -0.15) is 0 Å². The molecule has 0 heterocycles. The minimum Gasteiger partial charge on any atom is -0.466 e. The maximum Gasteiger partial charge on any atom is 0.305 e. The van der Waals surface area contributed by atoms with Crippen molar-refractivity contribution in [3.8, 4) is 0 Å². The average Bonchev–Trinajstić information content (AvgIpc) is 2.65. The molecule has 0 fully saturated rings. The van der Waals surface area contributed by atoms with E-state index in [9.17, 15) is 19.5 Å². The number of rotatable bonds is 15. The topological polar surface area (TPSA) is 108 Å². The number of hydrogen-bond acceptors (Lipinski definition) is 8. The van der Waals surface area contributed by atoms with E-state index in [1.807, 2.05) is 6.92 Å². The van der Waals surface area contributed by atoms with Crippen LogP contribution < -0.4 is 0 Å². The molecule has 0 aromatic heterocycles. The molecule has 0 atom stereocenters. The fourth-order valence-corrected chi connectivity index (χ4v) is 1.85. The molecule has 0 amide bonds. The zero-order chi connectivity index (χ0) is 19.8. The van der Waals surface area contributed by atoms with Crippen LogP contribution in [0.2, 0.25) is 0 Å². The van der Waals surface area contributed by atoms with E-state index in [0.717, 1.165) is 6.42 Å². The van der Waals surface area contributed by atoms with Gasteiger partial charge in [0.05, 0.1) is 25.2 Å². The van der Waals surface area contributed by atoms with Crippen molar-refractivity contribution >= 4 is 17.9 Å². The number of carbonyl (C=O) groups is 3. The fraction of sp³-hybridized carbons (Fsp3) is 0.833. The van der Waals surface area contributed by atoms with E-state index in [0.29, 0.717) is 19.4 Å². The highest BCUT2D eigenvalue weighted by atomic mass is 16.6. The third kappa shape index (κ3) is 11.0.